The molecule has 0 saturated carbocycles. The van der Waals surface area contributed by atoms with Gasteiger partial charge in [-0.2, -0.15) is 0 Å². The Labute approximate surface area is 152 Å². The molecule has 136 valence electrons. The van der Waals surface area contributed by atoms with Crippen molar-refractivity contribution in [3.05, 3.63) is 34.9 Å². The molecule has 0 aliphatic carbocycles. The molecule has 0 aliphatic heterocycles. The number of hydrogen-bond donors (Lipinski definition) is 6. The van der Waals surface area contributed by atoms with Crippen LogP contribution in [0.3, 0.4) is 0 Å². The highest BCUT2D eigenvalue weighted by molar-refractivity contribution is 7.80. The smallest absolute Gasteiger partial charge is 0.300 e. The topological polar surface area (TPSA) is 150 Å². The zero-order valence-corrected chi connectivity index (χ0v) is 14.7. The van der Waals surface area contributed by atoms with E-state index in [1.165, 1.54) is 5.56 Å². The van der Waals surface area contributed by atoms with Crippen LogP contribution < -0.4 is 11.5 Å². The van der Waals surface area contributed by atoms with Gasteiger partial charge < -0.3 is 31.9 Å². The Morgan fingerprint density at radius 1 is 1.09 bits per heavy atom. The first-order valence-electron chi connectivity index (χ1n) is 5.32. The second-order valence-corrected chi connectivity index (χ2v) is 4.27. The molecule has 0 spiro atoms. The number of aryl methyl sites for hydroxylation is 1. The number of carbonyl (C=O) groups is 1. The molecule has 1 aromatic rings. The molecule has 8 N–H and O–H groups in total. The van der Waals surface area contributed by atoms with Crippen molar-refractivity contribution in [2.24, 2.45) is 11.5 Å². The van der Waals surface area contributed by atoms with Crippen molar-refractivity contribution in [1.82, 2.24) is 0 Å². The van der Waals surface area contributed by atoms with Crippen molar-refractivity contribution in [3.63, 3.8) is 0 Å². The maximum atomic E-state index is 9.00. The van der Waals surface area contributed by atoms with E-state index in [0.29, 0.717) is 0 Å². The summed E-state index contributed by atoms with van der Waals surface area (Å²) in [6.45, 7) is 3.10. The molecule has 0 aromatic heterocycles. The lowest BCUT2D eigenvalue weighted by Gasteiger charge is -1.88. The summed E-state index contributed by atoms with van der Waals surface area (Å²) < 4.78 is 0. The van der Waals surface area contributed by atoms with Crippen molar-refractivity contribution in [2.75, 3.05) is 7.11 Å². The molecule has 0 saturated heterocycles. The predicted molar refractivity (Wildman–Crippen MR) is 103 cm³/mol. The SMILES string of the molecule is C.CC(=O)O.CO.Cc1cccc(Cl)c1.NC(O)=S.NC(O)=S. The van der Waals surface area contributed by atoms with E-state index >= 15 is 0 Å². The molecule has 0 fully saturated rings. The fourth-order valence-electron chi connectivity index (χ4n) is 0.606. The summed E-state index contributed by atoms with van der Waals surface area (Å²) in [4.78, 5) is 9.00. The van der Waals surface area contributed by atoms with Gasteiger partial charge in [0.25, 0.3) is 16.3 Å². The van der Waals surface area contributed by atoms with Crippen LogP contribution in [-0.4, -0.2) is 43.9 Å². The van der Waals surface area contributed by atoms with E-state index in [-0.39, 0.29) is 7.43 Å². The van der Waals surface area contributed by atoms with Gasteiger partial charge in [0.1, 0.15) is 0 Å². The summed E-state index contributed by atoms with van der Waals surface area (Å²) >= 11 is 13.4. The van der Waals surface area contributed by atoms with Crippen molar-refractivity contribution in [3.8, 4) is 0 Å². The molecule has 1 rings (SSSR count). The molecule has 23 heavy (non-hydrogen) atoms. The molecule has 7 nitrogen and oxygen atoms in total. The highest BCUT2D eigenvalue weighted by Gasteiger charge is 1.82. The van der Waals surface area contributed by atoms with Gasteiger partial charge in [0.2, 0.25) is 0 Å². The Bertz CT molecular complexity index is 377. The quantitative estimate of drug-likeness (QED) is 0.368. The Kier molecular flexibility index (Phi) is 36.3. The van der Waals surface area contributed by atoms with E-state index in [0.717, 1.165) is 19.1 Å². The molecule has 1 aromatic carbocycles. The maximum Gasteiger partial charge on any atom is 0.300 e. The molecule has 0 radical (unpaired) electrons. The lowest BCUT2D eigenvalue weighted by atomic mass is 10.2. The van der Waals surface area contributed by atoms with E-state index < -0.39 is 16.3 Å². The molecule has 0 bridgehead atoms. The summed E-state index contributed by atoms with van der Waals surface area (Å²) in [5.74, 6) is -0.833. The van der Waals surface area contributed by atoms with Gasteiger partial charge in [0.05, 0.1) is 0 Å². The molecule has 0 aliphatic rings. The van der Waals surface area contributed by atoms with Crippen LogP contribution in [0.5, 0.6) is 0 Å². The van der Waals surface area contributed by atoms with E-state index in [4.69, 9.17) is 36.8 Å². The van der Waals surface area contributed by atoms with Gasteiger partial charge in [-0.15, -0.1) is 0 Å². The van der Waals surface area contributed by atoms with Gasteiger partial charge in [-0.3, -0.25) is 4.79 Å². The zero-order valence-electron chi connectivity index (χ0n) is 12.4. The Hall–Kier alpha value is -1.68. The van der Waals surface area contributed by atoms with E-state index in [9.17, 15) is 0 Å². The lowest BCUT2D eigenvalue weighted by molar-refractivity contribution is -0.134. The Balaban J connectivity index is -0.0000000633. The third-order valence-electron chi connectivity index (χ3n) is 0.980. The summed E-state index contributed by atoms with van der Waals surface area (Å²) in [5, 5.41) is 29.4. The summed E-state index contributed by atoms with van der Waals surface area (Å²) in [5.41, 5.74) is 10.0. The lowest BCUT2D eigenvalue weighted by Crippen LogP contribution is -2.03. The third kappa shape index (κ3) is 98.5. The van der Waals surface area contributed by atoms with Crippen LogP contribution in [0.1, 0.15) is 19.9 Å². The number of hydrogen-bond acceptors (Lipinski definition) is 4. The highest BCUT2D eigenvalue weighted by Crippen LogP contribution is 2.08. The number of aliphatic hydroxyl groups excluding tert-OH is 3. The number of benzene rings is 1. The first kappa shape index (κ1) is 33.1. The maximum absolute atomic E-state index is 9.00. The zero-order chi connectivity index (χ0) is 18.7. The van der Waals surface area contributed by atoms with Gasteiger partial charge in [0, 0.05) is 19.1 Å². The van der Waals surface area contributed by atoms with Crippen LogP contribution in [0.2, 0.25) is 5.02 Å². The molecular weight excluding hydrogens is 364 g/mol. The Morgan fingerprint density at radius 3 is 1.48 bits per heavy atom. The van der Waals surface area contributed by atoms with Crippen molar-refractivity contribution in [2.45, 2.75) is 21.3 Å². The third-order valence-corrected chi connectivity index (χ3v) is 1.22. The molecule has 0 unspecified atom stereocenters. The fourth-order valence-corrected chi connectivity index (χ4v) is 0.850. The molecule has 10 heteroatoms. The number of rotatable bonds is 0. The minimum Gasteiger partial charge on any atom is -0.487 e. The van der Waals surface area contributed by atoms with E-state index in [1.807, 2.05) is 31.2 Å². The number of aliphatic hydroxyl groups is 3. The van der Waals surface area contributed by atoms with Crippen molar-refractivity contribution < 1.29 is 25.2 Å². The van der Waals surface area contributed by atoms with Gasteiger partial charge >= 0.3 is 0 Å². The molecular formula is C13H25ClN2O5S2. The second kappa shape index (κ2) is 25.3. The molecule has 0 heterocycles. The minimum atomic E-state index is -0.833. The normalized spacial score (nSPS) is 6.65. The summed E-state index contributed by atoms with van der Waals surface area (Å²) in [6, 6.07) is 7.76. The fraction of sp³-hybridized carbons (Fsp3) is 0.308. The number of nitrogens with two attached hydrogens (primary N) is 2. The van der Waals surface area contributed by atoms with Gasteiger partial charge in [0.15, 0.2) is 0 Å². The minimum absolute atomic E-state index is 0. The van der Waals surface area contributed by atoms with Crippen LogP contribution in [-0.2, 0) is 4.79 Å². The second-order valence-electron chi connectivity index (χ2n) is 2.99. The van der Waals surface area contributed by atoms with Crippen LogP contribution in [0.25, 0.3) is 0 Å². The summed E-state index contributed by atoms with van der Waals surface area (Å²) in [6.07, 6.45) is 0. The number of carboxylic acid groups (broad SMARTS) is 1. The average molecular weight is 389 g/mol. The van der Waals surface area contributed by atoms with Crippen LogP contribution in [0.4, 0.5) is 0 Å². The van der Waals surface area contributed by atoms with E-state index in [2.05, 4.69) is 35.9 Å². The molecule has 0 atom stereocenters. The van der Waals surface area contributed by atoms with E-state index in [1.54, 1.807) is 0 Å². The van der Waals surface area contributed by atoms with Gasteiger partial charge in [-0.05, 0) is 49.1 Å². The summed E-state index contributed by atoms with van der Waals surface area (Å²) in [7, 11) is 1.00. The predicted octanol–water partition coefficient (Wildman–Crippen LogP) is 2.56. The number of thiocarbonyl (C=S) groups is 2. The van der Waals surface area contributed by atoms with Gasteiger partial charge in [-0.25, -0.2) is 0 Å². The highest BCUT2D eigenvalue weighted by atomic mass is 35.5. The number of halogens is 1. The van der Waals surface area contributed by atoms with Crippen LogP contribution >= 0.6 is 36.0 Å². The average Bonchev–Trinajstić information content (AvgIpc) is 2.28. The van der Waals surface area contributed by atoms with Crippen molar-refractivity contribution in [1.29, 1.82) is 0 Å². The molecule has 0 amide bonds. The largest absolute Gasteiger partial charge is 0.487 e. The monoisotopic (exact) mass is 388 g/mol. The van der Waals surface area contributed by atoms with Gasteiger partial charge in [-0.1, -0.05) is 31.2 Å². The number of carboxylic acids is 1. The first-order chi connectivity index (χ1) is 9.98. The Morgan fingerprint density at radius 2 is 1.35 bits per heavy atom. The standard InChI is InChI=1S/C7H7Cl.C2H4O2.2CH3NOS.CH4O.CH4/c1-6-3-2-4-7(8)5-6;1-2(3)4;2*2-1(3)4;1-2;/h2-5H,1H3;1H3,(H,3,4);2*(H3,2,3,4);2H,1H3;1H4. The first-order valence-corrected chi connectivity index (χ1v) is 6.51. The van der Waals surface area contributed by atoms with Crippen LogP contribution in [0.15, 0.2) is 24.3 Å². The van der Waals surface area contributed by atoms with Crippen LogP contribution in [0, 0.1) is 6.92 Å². The van der Waals surface area contributed by atoms with Crippen molar-refractivity contribution >= 4 is 52.4 Å². The number of aliphatic carboxylic acids is 1.